The third-order valence-corrected chi connectivity index (χ3v) is 5.67. The number of carbonyl (C=O) groups is 1. The molecule has 0 atom stereocenters. The summed E-state index contributed by atoms with van der Waals surface area (Å²) < 4.78 is 1.20. The van der Waals surface area contributed by atoms with Crippen LogP contribution in [0.4, 0.5) is 0 Å². The fourth-order valence-electron chi connectivity index (χ4n) is 3.28. The van der Waals surface area contributed by atoms with Gasteiger partial charge in [0, 0.05) is 26.1 Å². The van der Waals surface area contributed by atoms with E-state index in [0.717, 1.165) is 36.5 Å². The molecule has 0 saturated heterocycles. The van der Waals surface area contributed by atoms with Crippen LogP contribution in [0.15, 0.2) is 48.5 Å². The van der Waals surface area contributed by atoms with E-state index in [2.05, 4.69) is 45.5 Å². The van der Waals surface area contributed by atoms with Crippen LogP contribution in [0.2, 0.25) is 0 Å². The topological polar surface area (TPSA) is 45.2 Å². The number of thiazole rings is 1. The highest BCUT2D eigenvalue weighted by atomic mass is 32.1. The monoisotopic (exact) mass is 351 g/mol. The van der Waals surface area contributed by atoms with Gasteiger partial charge in [0.05, 0.1) is 21.8 Å². The molecule has 0 saturated carbocycles. The predicted octanol–water partition coefficient (Wildman–Crippen LogP) is 3.01. The Hall–Kier alpha value is -2.24. The van der Waals surface area contributed by atoms with Crippen LogP contribution in [0.1, 0.15) is 16.1 Å². The summed E-state index contributed by atoms with van der Waals surface area (Å²) in [4.78, 5) is 19.0. The minimum absolute atomic E-state index is 0.0977. The largest absolute Gasteiger partial charge is 0.355 e. The van der Waals surface area contributed by atoms with Crippen LogP contribution < -0.4 is 5.32 Å². The third kappa shape index (κ3) is 3.89. The Kier molecular flexibility index (Phi) is 4.76. The van der Waals surface area contributed by atoms with Crippen molar-refractivity contribution >= 4 is 27.5 Å². The summed E-state index contributed by atoms with van der Waals surface area (Å²) in [5.41, 5.74) is 3.80. The average Bonchev–Trinajstić information content (AvgIpc) is 3.04. The summed E-state index contributed by atoms with van der Waals surface area (Å²) in [6, 6.07) is 16.7. The van der Waals surface area contributed by atoms with E-state index in [1.54, 1.807) is 11.3 Å². The van der Waals surface area contributed by atoms with Gasteiger partial charge in [0.2, 0.25) is 5.91 Å². The molecular weight excluding hydrogens is 330 g/mol. The zero-order valence-corrected chi connectivity index (χ0v) is 14.9. The fraction of sp³-hybridized carbons (Fsp3) is 0.300. The molecule has 4 rings (SSSR count). The molecule has 128 valence electrons. The molecule has 1 aliphatic rings. The van der Waals surface area contributed by atoms with Gasteiger partial charge in [-0.3, -0.25) is 9.69 Å². The van der Waals surface area contributed by atoms with E-state index in [1.165, 1.54) is 15.8 Å². The lowest BCUT2D eigenvalue weighted by molar-refractivity contribution is -0.122. The molecule has 4 nitrogen and oxygen atoms in total. The van der Waals surface area contributed by atoms with Gasteiger partial charge in [-0.2, -0.15) is 0 Å². The van der Waals surface area contributed by atoms with Gasteiger partial charge in [-0.1, -0.05) is 36.4 Å². The number of hydrogen-bond acceptors (Lipinski definition) is 4. The van der Waals surface area contributed by atoms with Crippen LogP contribution in [0.5, 0.6) is 0 Å². The van der Waals surface area contributed by atoms with Crippen molar-refractivity contribution in [2.45, 2.75) is 19.4 Å². The van der Waals surface area contributed by atoms with Crippen molar-refractivity contribution < 1.29 is 4.79 Å². The van der Waals surface area contributed by atoms with Crippen molar-refractivity contribution in [2.75, 3.05) is 19.6 Å². The summed E-state index contributed by atoms with van der Waals surface area (Å²) in [5.74, 6) is 0.0977. The molecule has 1 aliphatic heterocycles. The number of nitrogens with zero attached hydrogens (tertiary/aromatic N) is 2. The van der Waals surface area contributed by atoms with Gasteiger partial charge in [0.25, 0.3) is 0 Å². The molecule has 1 aromatic heterocycles. The molecule has 1 N–H and O–H groups in total. The molecule has 5 heteroatoms. The highest BCUT2D eigenvalue weighted by Crippen LogP contribution is 2.21. The van der Waals surface area contributed by atoms with E-state index in [4.69, 9.17) is 0 Å². The van der Waals surface area contributed by atoms with Crippen LogP contribution >= 0.6 is 11.3 Å². The Morgan fingerprint density at radius 3 is 2.80 bits per heavy atom. The molecule has 0 unspecified atom stereocenters. The van der Waals surface area contributed by atoms with Gasteiger partial charge >= 0.3 is 0 Å². The molecule has 3 aromatic rings. The van der Waals surface area contributed by atoms with Crippen LogP contribution in [0.3, 0.4) is 0 Å². The lowest BCUT2D eigenvalue weighted by atomic mass is 10.00. The summed E-state index contributed by atoms with van der Waals surface area (Å²) >= 11 is 1.70. The van der Waals surface area contributed by atoms with E-state index >= 15 is 0 Å². The Morgan fingerprint density at radius 2 is 1.92 bits per heavy atom. The molecule has 2 heterocycles. The van der Waals surface area contributed by atoms with Crippen molar-refractivity contribution in [1.29, 1.82) is 0 Å². The summed E-state index contributed by atoms with van der Waals surface area (Å²) in [6.07, 6.45) is 1.81. The number of benzene rings is 2. The second-order valence-electron chi connectivity index (χ2n) is 6.40. The lowest BCUT2D eigenvalue weighted by Gasteiger charge is -2.28. The summed E-state index contributed by atoms with van der Waals surface area (Å²) in [5, 5.41) is 4.11. The van der Waals surface area contributed by atoms with E-state index in [1.807, 2.05) is 18.2 Å². The van der Waals surface area contributed by atoms with Crippen molar-refractivity contribution in [3.05, 3.63) is 64.7 Å². The molecule has 0 fully saturated rings. The Bertz CT molecular complexity index is 856. The molecular formula is C20H21N3OS. The zero-order chi connectivity index (χ0) is 17.1. The highest BCUT2D eigenvalue weighted by Gasteiger charge is 2.17. The molecule has 0 bridgehead atoms. The average molecular weight is 351 g/mol. The van der Waals surface area contributed by atoms with Crippen LogP contribution in [-0.4, -0.2) is 35.4 Å². The SMILES string of the molecule is O=C(CN1CCc2ccccc2C1)NCCc1nc2ccccc2s1. The summed E-state index contributed by atoms with van der Waals surface area (Å²) in [6.45, 7) is 2.92. The van der Waals surface area contributed by atoms with Gasteiger partial charge in [0.15, 0.2) is 0 Å². The maximum absolute atomic E-state index is 12.2. The van der Waals surface area contributed by atoms with Gasteiger partial charge in [-0.25, -0.2) is 4.98 Å². The number of fused-ring (bicyclic) bond motifs is 2. The van der Waals surface area contributed by atoms with Crippen LogP contribution in [-0.2, 0) is 24.2 Å². The second-order valence-corrected chi connectivity index (χ2v) is 7.52. The third-order valence-electron chi connectivity index (χ3n) is 4.58. The molecule has 1 amide bonds. The number of para-hydroxylation sites is 1. The smallest absolute Gasteiger partial charge is 0.234 e. The maximum atomic E-state index is 12.2. The van der Waals surface area contributed by atoms with E-state index in [9.17, 15) is 4.79 Å². The van der Waals surface area contributed by atoms with E-state index < -0.39 is 0 Å². The molecule has 2 aromatic carbocycles. The maximum Gasteiger partial charge on any atom is 0.234 e. The zero-order valence-electron chi connectivity index (χ0n) is 14.1. The van der Waals surface area contributed by atoms with Crippen molar-refractivity contribution in [3.63, 3.8) is 0 Å². The van der Waals surface area contributed by atoms with E-state index in [-0.39, 0.29) is 5.91 Å². The first kappa shape index (κ1) is 16.2. The van der Waals surface area contributed by atoms with E-state index in [0.29, 0.717) is 13.1 Å². The van der Waals surface area contributed by atoms with Crippen LogP contribution in [0, 0.1) is 0 Å². The number of nitrogens with one attached hydrogen (secondary N) is 1. The standard InChI is InChI=1S/C20H21N3OS/c24-19(14-23-12-10-15-5-1-2-6-16(15)13-23)21-11-9-20-22-17-7-3-4-8-18(17)25-20/h1-8H,9-14H2,(H,21,24). The van der Waals surface area contributed by atoms with Crippen LogP contribution in [0.25, 0.3) is 10.2 Å². The Morgan fingerprint density at radius 1 is 1.12 bits per heavy atom. The fourth-order valence-corrected chi connectivity index (χ4v) is 4.25. The minimum atomic E-state index is 0.0977. The first-order chi connectivity index (χ1) is 12.3. The molecule has 0 radical (unpaired) electrons. The van der Waals surface area contributed by atoms with Gasteiger partial charge in [-0.15, -0.1) is 11.3 Å². The summed E-state index contributed by atoms with van der Waals surface area (Å²) in [7, 11) is 0. The number of hydrogen-bond donors (Lipinski definition) is 1. The molecule has 25 heavy (non-hydrogen) atoms. The van der Waals surface area contributed by atoms with Gasteiger partial charge < -0.3 is 5.32 Å². The highest BCUT2D eigenvalue weighted by molar-refractivity contribution is 7.18. The first-order valence-corrected chi connectivity index (χ1v) is 9.50. The Balaban J connectivity index is 1.25. The number of rotatable bonds is 5. The number of carbonyl (C=O) groups excluding carboxylic acids is 1. The van der Waals surface area contributed by atoms with Crippen molar-refractivity contribution in [2.24, 2.45) is 0 Å². The molecule has 0 spiro atoms. The van der Waals surface area contributed by atoms with Crippen molar-refractivity contribution in [1.82, 2.24) is 15.2 Å². The van der Waals surface area contributed by atoms with Gasteiger partial charge in [-0.05, 0) is 29.7 Å². The predicted molar refractivity (Wildman–Crippen MR) is 102 cm³/mol. The number of amides is 1. The lowest BCUT2D eigenvalue weighted by Crippen LogP contribution is -2.40. The first-order valence-electron chi connectivity index (χ1n) is 8.68. The number of aromatic nitrogens is 1. The van der Waals surface area contributed by atoms with Gasteiger partial charge in [0.1, 0.15) is 0 Å². The normalized spacial score (nSPS) is 14.4. The second kappa shape index (κ2) is 7.33. The quantitative estimate of drug-likeness (QED) is 0.769. The van der Waals surface area contributed by atoms with Crippen molar-refractivity contribution in [3.8, 4) is 0 Å². The molecule has 0 aliphatic carbocycles. The minimum Gasteiger partial charge on any atom is -0.355 e. The Labute approximate surface area is 151 Å².